The molecular weight excluding hydrogens is 502 g/mol. The summed E-state index contributed by atoms with van der Waals surface area (Å²) in [7, 11) is 3.14. The number of nitrogens with zero attached hydrogens (tertiary/aromatic N) is 3. The Labute approximate surface area is 185 Å². The van der Waals surface area contributed by atoms with Gasteiger partial charge in [0.05, 0.1) is 31.3 Å². The zero-order valence-electron chi connectivity index (χ0n) is 16.8. The average molecular weight is 523 g/mol. The Morgan fingerprint density at radius 2 is 1.72 bits per heavy atom. The topological polar surface area (TPSA) is 65.7 Å². The van der Waals surface area contributed by atoms with Crippen LogP contribution in [0, 0.1) is 0 Å². The van der Waals surface area contributed by atoms with Crippen molar-refractivity contribution in [3.05, 3.63) is 61.0 Å². The van der Waals surface area contributed by atoms with Crippen LogP contribution in [0.2, 0.25) is 0 Å². The van der Waals surface area contributed by atoms with Crippen LogP contribution in [0.1, 0.15) is 32.2 Å². The lowest BCUT2D eigenvalue weighted by Crippen LogP contribution is -2.29. The highest BCUT2D eigenvalue weighted by molar-refractivity contribution is 9.10. The number of halogens is 2. The van der Waals surface area contributed by atoms with E-state index in [9.17, 15) is 4.79 Å². The van der Waals surface area contributed by atoms with Crippen LogP contribution in [-0.4, -0.2) is 30.1 Å². The van der Waals surface area contributed by atoms with Gasteiger partial charge in [-0.2, -0.15) is 9.78 Å². The molecule has 0 fully saturated rings. The lowest BCUT2D eigenvalue weighted by molar-refractivity contribution is 0.354. The maximum absolute atomic E-state index is 13.2. The molecule has 0 N–H and O–H groups in total. The molecule has 8 heteroatoms. The molecule has 0 saturated carbocycles. The second-order valence-electron chi connectivity index (χ2n) is 7.44. The van der Waals surface area contributed by atoms with Crippen molar-refractivity contribution in [2.75, 3.05) is 14.2 Å². The number of hydrogen-bond donors (Lipinski definition) is 0. The molecule has 152 valence electrons. The second kappa shape index (κ2) is 8.28. The minimum absolute atomic E-state index is 0.228. The van der Waals surface area contributed by atoms with E-state index in [0.29, 0.717) is 28.2 Å². The Morgan fingerprint density at radius 1 is 1.07 bits per heavy atom. The van der Waals surface area contributed by atoms with E-state index >= 15 is 0 Å². The summed E-state index contributed by atoms with van der Waals surface area (Å²) < 4.78 is 13.6. The molecule has 0 radical (unpaired) electrons. The number of benzene rings is 2. The number of aromatic nitrogens is 2. The van der Waals surface area contributed by atoms with Crippen molar-refractivity contribution in [2.24, 2.45) is 5.10 Å². The van der Waals surface area contributed by atoms with Gasteiger partial charge in [-0.25, -0.2) is 4.98 Å². The van der Waals surface area contributed by atoms with Crippen LogP contribution in [0.15, 0.2) is 49.2 Å². The molecule has 0 aliphatic carbocycles. The molecule has 0 spiro atoms. The van der Waals surface area contributed by atoms with Gasteiger partial charge < -0.3 is 9.47 Å². The monoisotopic (exact) mass is 521 g/mol. The van der Waals surface area contributed by atoms with Gasteiger partial charge in [-0.15, -0.1) is 0 Å². The van der Waals surface area contributed by atoms with Crippen molar-refractivity contribution < 1.29 is 9.47 Å². The van der Waals surface area contributed by atoms with Gasteiger partial charge in [-0.05, 0) is 46.3 Å². The van der Waals surface area contributed by atoms with Crippen LogP contribution in [0.5, 0.6) is 11.5 Å². The Morgan fingerprint density at radius 3 is 2.34 bits per heavy atom. The summed E-state index contributed by atoms with van der Waals surface area (Å²) in [5.41, 5.74) is 0.770. The summed E-state index contributed by atoms with van der Waals surface area (Å²) in [5, 5.41) is 4.99. The fourth-order valence-electron chi connectivity index (χ4n) is 2.83. The Bertz CT molecular complexity index is 1160. The van der Waals surface area contributed by atoms with E-state index in [0.717, 1.165) is 14.5 Å². The van der Waals surface area contributed by atoms with Gasteiger partial charge in [0.25, 0.3) is 5.56 Å². The lowest BCUT2D eigenvalue weighted by Gasteiger charge is -2.21. The summed E-state index contributed by atoms with van der Waals surface area (Å²) in [6.07, 6.45) is 1.61. The van der Waals surface area contributed by atoms with Crippen LogP contribution in [-0.2, 0) is 5.41 Å². The normalized spacial score (nSPS) is 12.0. The van der Waals surface area contributed by atoms with Gasteiger partial charge in [-0.3, -0.25) is 4.79 Å². The third kappa shape index (κ3) is 4.38. The fraction of sp³-hybridized carbons (Fsp3) is 0.286. The molecule has 3 aromatic rings. The van der Waals surface area contributed by atoms with Crippen molar-refractivity contribution in [1.29, 1.82) is 0 Å². The number of ether oxygens (including phenoxy) is 2. The Hall–Kier alpha value is -2.19. The summed E-state index contributed by atoms with van der Waals surface area (Å²) in [6.45, 7) is 5.99. The molecule has 0 aliphatic heterocycles. The molecule has 29 heavy (non-hydrogen) atoms. The van der Waals surface area contributed by atoms with E-state index in [2.05, 4.69) is 37.0 Å². The Kier molecular flexibility index (Phi) is 6.14. The molecule has 6 nitrogen and oxygen atoms in total. The minimum Gasteiger partial charge on any atom is -0.493 e. The number of hydrogen-bond acceptors (Lipinski definition) is 5. The largest absolute Gasteiger partial charge is 0.493 e. The molecule has 0 unspecified atom stereocenters. The average Bonchev–Trinajstić information content (AvgIpc) is 2.67. The van der Waals surface area contributed by atoms with Gasteiger partial charge in [0.2, 0.25) is 0 Å². The maximum atomic E-state index is 13.2. The maximum Gasteiger partial charge on any atom is 0.282 e. The first kappa shape index (κ1) is 21.5. The highest BCUT2D eigenvalue weighted by Gasteiger charge is 2.23. The van der Waals surface area contributed by atoms with Crippen molar-refractivity contribution in [2.45, 2.75) is 26.2 Å². The molecule has 0 aliphatic rings. The molecule has 2 aromatic carbocycles. The Balaban J connectivity index is 2.22. The van der Waals surface area contributed by atoms with E-state index < -0.39 is 0 Å². The van der Waals surface area contributed by atoms with Gasteiger partial charge in [0.15, 0.2) is 11.5 Å². The van der Waals surface area contributed by atoms with Crippen LogP contribution in [0.25, 0.3) is 10.9 Å². The smallest absolute Gasteiger partial charge is 0.282 e. The number of methoxy groups -OCH3 is 2. The zero-order valence-corrected chi connectivity index (χ0v) is 20.0. The number of rotatable bonds is 4. The van der Waals surface area contributed by atoms with E-state index in [4.69, 9.17) is 14.5 Å². The first-order valence-corrected chi connectivity index (χ1v) is 10.4. The summed E-state index contributed by atoms with van der Waals surface area (Å²) in [4.78, 5) is 17.9. The van der Waals surface area contributed by atoms with E-state index in [-0.39, 0.29) is 11.0 Å². The van der Waals surface area contributed by atoms with Crippen molar-refractivity contribution in [3.63, 3.8) is 0 Å². The molecule has 1 heterocycles. The van der Waals surface area contributed by atoms with Crippen LogP contribution in [0.4, 0.5) is 0 Å². The van der Waals surface area contributed by atoms with Crippen molar-refractivity contribution in [3.8, 4) is 11.5 Å². The highest BCUT2D eigenvalue weighted by atomic mass is 79.9. The summed E-state index contributed by atoms with van der Waals surface area (Å²) in [6, 6.07) is 9.04. The SMILES string of the molecule is COc1cc(Br)c(C=Nn2c(C(C)(C)C)nc3ccc(Br)cc3c2=O)cc1OC. The van der Waals surface area contributed by atoms with Gasteiger partial charge >= 0.3 is 0 Å². The summed E-state index contributed by atoms with van der Waals surface area (Å²) >= 11 is 6.93. The lowest BCUT2D eigenvalue weighted by atomic mass is 9.95. The van der Waals surface area contributed by atoms with Crippen LogP contribution in [0.3, 0.4) is 0 Å². The fourth-order valence-corrected chi connectivity index (χ4v) is 3.62. The van der Waals surface area contributed by atoms with E-state index in [1.165, 1.54) is 4.68 Å². The predicted molar refractivity (Wildman–Crippen MR) is 123 cm³/mol. The number of fused-ring (bicyclic) bond motifs is 1. The van der Waals surface area contributed by atoms with Crippen molar-refractivity contribution in [1.82, 2.24) is 9.66 Å². The molecule has 0 bridgehead atoms. The third-order valence-corrected chi connectivity index (χ3v) is 5.47. The van der Waals surface area contributed by atoms with Gasteiger partial charge in [0, 0.05) is 19.9 Å². The molecule has 0 saturated heterocycles. The second-order valence-corrected chi connectivity index (χ2v) is 9.21. The zero-order chi connectivity index (χ0) is 21.3. The third-order valence-electron chi connectivity index (χ3n) is 4.29. The molecule has 1 aromatic heterocycles. The quantitative estimate of drug-likeness (QED) is 0.446. The van der Waals surface area contributed by atoms with E-state index in [1.807, 2.05) is 32.9 Å². The first-order chi connectivity index (χ1) is 13.7. The highest BCUT2D eigenvalue weighted by Crippen LogP contribution is 2.32. The van der Waals surface area contributed by atoms with Gasteiger partial charge in [0.1, 0.15) is 5.82 Å². The molecule has 3 rings (SSSR count). The van der Waals surface area contributed by atoms with Crippen molar-refractivity contribution >= 4 is 49.0 Å². The molecular formula is C21H21Br2N3O3. The van der Waals surface area contributed by atoms with Crippen LogP contribution >= 0.6 is 31.9 Å². The van der Waals surface area contributed by atoms with E-state index in [1.54, 1.807) is 38.6 Å². The standard InChI is InChI=1S/C21H21Br2N3O3/c1-21(2,3)20-25-16-7-6-13(22)9-14(16)19(27)26(20)24-11-12-8-17(28-4)18(29-5)10-15(12)23/h6-11H,1-5H3. The summed E-state index contributed by atoms with van der Waals surface area (Å²) in [5.74, 6) is 1.74. The van der Waals surface area contributed by atoms with Gasteiger partial charge in [-0.1, -0.05) is 36.7 Å². The molecule has 0 atom stereocenters. The first-order valence-electron chi connectivity index (χ1n) is 8.84. The predicted octanol–water partition coefficient (Wildman–Crippen LogP) is 5.12. The van der Waals surface area contributed by atoms with Crippen LogP contribution < -0.4 is 15.0 Å². The minimum atomic E-state index is -0.382. The molecule has 0 amide bonds.